The summed E-state index contributed by atoms with van der Waals surface area (Å²) in [7, 11) is -3.09. The number of rotatable bonds is 3. The van der Waals surface area contributed by atoms with Crippen LogP contribution in [0.15, 0.2) is 0 Å². The fourth-order valence-electron chi connectivity index (χ4n) is 1.73. The van der Waals surface area contributed by atoms with Gasteiger partial charge in [-0.15, -0.1) is 0 Å². The first-order valence-electron chi connectivity index (χ1n) is 4.52. The van der Waals surface area contributed by atoms with E-state index < -0.39 is 15.3 Å². The number of hydrogen-bond donors (Lipinski definition) is 0. The second-order valence-electron chi connectivity index (χ2n) is 3.85. The molecule has 1 aliphatic rings. The van der Waals surface area contributed by atoms with Crippen molar-refractivity contribution in [2.24, 2.45) is 5.41 Å². The molecular formula is C9H13NO3S. The van der Waals surface area contributed by atoms with Crippen molar-refractivity contribution >= 4 is 15.6 Å². The molecule has 0 aliphatic heterocycles. The first-order valence-corrected chi connectivity index (χ1v) is 6.58. The molecule has 78 valence electrons. The maximum Gasteiger partial charge on any atom is 0.153 e. The van der Waals surface area contributed by atoms with Crippen LogP contribution in [0, 0.1) is 16.7 Å². The zero-order chi connectivity index (χ0) is 10.8. The summed E-state index contributed by atoms with van der Waals surface area (Å²) >= 11 is 0. The lowest BCUT2D eigenvalue weighted by molar-refractivity contribution is -0.123. The van der Waals surface area contributed by atoms with Crippen molar-refractivity contribution in [3.8, 4) is 6.07 Å². The molecule has 1 fully saturated rings. The molecule has 0 aromatic heterocycles. The average Bonchev–Trinajstić information content (AvgIpc) is 2.43. The van der Waals surface area contributed by atoms with Gasteiger partial charge in [0, 0.05) is 12.7 Å². The van der Waals surface area contributed by atoms with E-state index >= 15 is 0 Å². The predicted octanol–water partition coefficient (Wildman–Crippen LogP) is 0.684. The molecule has 0 bridgehead atoms. The Balaban J connectivity index is 2.74. The van der Waals surface area contributed by atoms with Gasteiger partial charge in [0.1, 0.15) is 15.3 Å². The van der Waals surface area contributed by atoms with Gasteiger partial charge in [-0.05, 0) is 19.3 Å². The van der Waals surface area contributed by atoms with Crippen LogP contribution in [-0.4, -0.2) is 26.2 Å². The van der Waals surface area contributed by atoms with Crippen molar-refractivity contribution < 1.29 is 13.2 Å². The minimum Gasteiger partial charge on any atom is -0.298 e. The van der Waals surface area contributed by atoms with Gasteiger partial charge in [0.2, 0.25) is 0 Å². The third-order valence-electron chi connectivity index (χ3n) is 2.65. The van der Waals surface area contributed by atoms with Crippen LogP contribution in [0.5, 0.6) is 0 Å². The molecule has 0 aromatic rings. The van der Waals surface area contributed by atoms with Gasteiger partial charge in [-0.2, -0.15) is 5.26 Å². The first kappa shape index (κ1) is 11.2. The van der Waals surface area contributed by atoms with E-state index in [4.69, 9.17) is 5.26 Å². The smallest absolute Gasteiger partial charge is 0.153 e. The molecule has 0 aromatic carbocycles. The largest absolute Gasteiger partial charge is 0.298 e. The molecule has 1 saturated carbocycles. The highest BCUT2D eigenvalue weighted by atomic mass is 32.2. The van der Waals surface area contributed by atoms with Gasteiger partial charge in [-0.1, -0.05) is 0 Å². The topological polar surface area (TPSA) is 75.0 Å². The van der Waals surface area contributed by atoms with Crippen molar-refractivity contribution in [2.45, 2.75) is 25.7 Å². The van der Waals surface area contributed by atoms with Gasteiger partial charge in [0.25, 0.3) is 0 Å². The van der Waals surface area contributed by atoms with Crippen LogP contribution in [-0.2, 0) is 14.6 Å². The second kappa shape index (κ2) is 3.70. The fourth-order valence-corrected chi connectivity index (χ4v) is 2.45. The normalized spacial score (nSPS) is 27.6. The van der Waals surface area contributed by atoms with Crippen LogP contribution < -0.4 is 0 Å². The van der Waals surface area contributed by atoms with Crippen LogP contribution in [0.25, 0.3) is 0 Å². The highest BCUT2D eigenvalue weighted by molar-refractivity contribution is 7.90. The van der Waals surface area contributed by atoms with Gasteiger partial charge < -0.3 is 0 Å². The molecule has 5 heteroatoms. The average molecular weight is 215 g/mol. The van der Waals surface area contributed by atoms with Crippen LogP contribution in [0.2, 0.25) is 0 Å². The second-order valence-corrected chi connectivity index (χ2v) is 6.11. The monoisotopic (exact) mass is 215 g/mol. The molecule has 4 nitrogen and oxygen atoms in total. The maximum absolute atomic E-state index is 11.4. The van der Waals surface area contributed by atoms with Gasteiger partial charge in [-0.3, -0.25) is 4.79 Å². The molecule has 0 amide bonds. The molecule has 14 heavy (non-hydrogen) atoms. The van der Waals surface area contributed by atoms with Gasteiger partial charge in [0.15, 0.2) is 5.78 Å². The van der Waals surface area contributed by atoms with Crippen molar-refractivity contribution in [3.05, 3.63) is 0 Å². The molecule has 0 spiro atoms. The third kappa shape index (κ3) is 2.32. The first-order chi connectivity index (χ1) is 6.40. The van der Waals surface area contributed by atoms with E-state index in [0.29, 0.717) is 19.3 Å². The Morgan fingerprint density at radius 2 is 2.21 bits per heavy atom. The Kier molecular flexibility index (Phi) is 2.95. The summed E-state index contributed by atoms with van der Waals surface area (Å²) in [6.07, 6.45) is 2.91. The Bertz CT molecular complexity index is 379. The standard InChI is InChI=1S/C9H13NO3S/c1-14(12,13)6-5-9(7-10)4-2-3-8(9)11/h2-6H2,1H3. The molecule has 1 atom stereocenters. The van der Waals surface area contributed by atoms with Crippen LogP contribution in [0.1, 0.15) is 25.7 Å². The van der Waals surface area contributed by atoms with Gasteiger partial charge in [0.05, 0.1) is 11.8 Å². The number of Topliss-reactive ketones (excluding diaryl/α,β-unsaturated/α-hetero) is 1. The molecule has 1 aliphatic carbocycles. The number of sulfone groups is 1. The number of nitrogens with zero attached hydrogens (tertiary/aromatic N) is 1. The summed E-state index contributed by atoms with van der Waals surface area (Å²) < 4.78 is 21.9. The van der Waals surface area contributed by atoms with Crippen LogP contribution in [0.3, 0.4) is 0 Å². The van der Waals surface area contributed by atoms with Crippen molar-refractivity contribution in [3.63, 3.8) is 0 Å². The summed E-state index contributed by atoms with van der Waals surface area (Å²) in [5, 5.41) is 8.92. The minimum absolute atomic E-state index is 0.0771. The van der Waals surface area contributed by atoms with E-state index in [0.717, 1.165) is 6.26 Å². The van der Waals surface area contributed by atoms with Crippen molar-refractivity contribution in [1.29, 1.82) is 5.26 Å². The molecule has 0 heterocycles. The quantitative estimate of drug-likeness (QED) is 0.694. The summed E-state index contributed by atoms with van der Waals surface area (Å²) in [6.45, 7) is 0. The Morgan fingerprint density at radius 3 is 2.57 bits per heavy atom. The van der Waals surface area contributed by atoms with E-state index in [9.17, 15) is 13.2 Å². The Labute approximate surface area is 83.8 Å². The number of carbonyl (C=O) groups is 1. The Morgan fingerprint density at radius 1 is 1.57 bits per heavy atom. The molecule has 1 unspecified atom stereocenters. The number of hydrogen-bond acceptors (Lipinski definition) is 4. The van der Waals surface area contributed by atoms with E-state index in [-0.39, 0.29) is 18.0 Å². The highest BCUT2D eigenvalue weighted by Crippen LogP contribution is 2.37. The van der Waals surface area contributed by atoms with Gasteiger partial charge >= 0.3 is 0 Å². The van der Waals surface area contributed by atoms with Crippen LogP contribution >= 0.6 is 0 Å². The van der Waals surface area contributed by atoms with Gasteiger partial charge in [-0.25, -0.2) is 8.42 Å². The summed E-state index contributed by atoms with van der Waals surface area (Å²) in [5.41, 5.74) is -1.01. The zero-order valence-corrected chi connectivity index (χ0v) is 8.93. The third-order valence-corrected chi connectivity index (χ3v) is 3.60. The minimum atomic E-state index is -3.09. The maximum atomic E-state index is 11.4. The molecule has 0 radical (unpaired) electrons. The summed E-state index contributed by atoms with van der Waals surface area (Å²) in [6, 6.07) is 1.99. The zero-order valence-electron chi connectivity index (χ0n) is 8.12. The highest BCUT2D eigenvalue weighted by Gasteiger charge is 2.42. The van der Waals surface area contributed by atoms with Crippen molar-refractivity contribution in [1.82, 2.24) is 0 Å². The van der Waals surface area contributed by atoms with Crippen LogP contribution in [0.4, 0.5) is 0 Å². The van der Waals surface area contributed by atoms with E-state index in [2.05, 4.69) is 0 Å². The van der Waals surface area contributed by atoms with E-state index in [1.807, 2.05) is 6.07 Å². The Hall–Kier alpha value is -0.890. The number of nitriles is 1. The summed E-state index contributed by atoms with van der Waals surface area (Å²) in [5.74, 6) is -0.171. The van der Waals surface area contributed by atoms with E-state index in [1.54, 1.807) is 0 Å². The lowest BCUT2D eigenvalue weighted by Gasteiger charge is -2.17. The lowest BCUT2D eigenvalue weighted by atomic mass is 9.84. The summed E-state index contributed by atoms with van der Waals surface area (Å²) in [4.78, 5) is 11.4. The number of ketones is 1. The molecule has 0 N–H and O–H groups in total. The number of carbonyl (C=O) groups excluding carboxylic acids is 1. The lowest BCUT2D eigenvalue weighted by Crippen LogP contribution is -2.26. The molecular weight excluding hydrogens is 202 g/mol. The molecule has 0 saturated heterocycles. The fraction of sp³-hybridized carbons (Fsp3) is 0.778. The van der Waals surface area contributed by atoms with Crippen molar-refractivity contribution in [2.75, 3.05) is 12.0 Å². The SMILES string of the molecule is CS(=O)(=O)CCC1(C#N)CCCC1=O. The van der Waals surface area contributed by atoms with E-state index in [1.165, 1.54) is 0 Å². The predicted molar refractivity (Wildman–Crippen MR) is 51.2 cm³/mol. The molecule has 1 rings (SSSR count).